The van der Waals surface area contributed by atoms with Crippen LogP contribution < -0.4 is 16.0 Å². The molecule has 0 spiro atoms. The van der Waals surface area contributed by atoms with Crippen LogP contribution in [0.1, 0.15) is 68.2 Å². The fourth-order valence-corrected chi connectivity index (χ4v) is 6.22. The van der Waals surface area contributed by atoms with Crippen LogP contribution in [0, 0.1) is 51.2 Å². The molecule has 8 atom stereocenters. The summed E-state index contributed by atoms with van der Waals surface area (Å²) in [6.07, 6.45) is 1.21. The number of amides is 4. The lowest BCUT2D eigenvalue weighted by Gasteiger charge is -2.38. The Balaban J connectivity index is 1.52. The number of piperidine rings is 2. The fraction of sp³-hybridized carbons (Fsp3) is 0.815. The first-order valence-corrected chi connectivity index (χ1v) is 13.1. The summed E-state index contributed by atoms with van der Waals surface area (Å²) in [5, 5.41) is 18.5. The van der Waals surface area contributed by atoms with Gasteiger partial charge in [0.05, 0.1) is 6.07 Å². The molecule has 3 N–H and O–H groups in total. The van der Waals surface area contributed by atoms with Crippen molar-refractivity contribution in [2.24, 2.45) is 39.9 Å². The molecule has 0 aromatic carbocycles. The van der Waals surface area contributed by atoms with Gasteiger partial charge in [-0.1, -0.05) is 55.4 Å². The van der Waals surface area contributed by atoms with E-state index in [1.165, 1.54) is 0 Å². The highest BCUT2D eigenvalue weighted by Gasteiger charge is 2.70. The van der Waals surface area contributed by atoms with E-state index in [4.69, 9.17) is 0 Å². The Morgan fingerprint density at radius 2 is 1.81 bits per heavy atom. The summed E-state index contributed by atoms with van der Waals surface area (Å²) in [5.74, 6) is -0.730. The average molecular weight is 500 g/mol. The van der Waals surface area contributed by atoms with Crippen LogP contribution in [0.2, 0.25) is 0 Å². The van der Waals surface area contributed by atoms with E-state index in [9.17, 15) is 24.4 Å². The summed E-state index contributed by atoms with van der Waals surface area (Å²) in [7, 11) is 0. The number of rotatable bonds is 6. The van der Waals surface area contributed by atoms with E-state index in [0.717, 1.165) is 6.42 Å². The molecule has 2 aliphatic heterocycles. The van der Waals surface area contributed by atoms with Gasteiger partial charge in [0, 0.05) is 23.9 Å². The van der Waals surface area contributed by atoms with Crippen molar-refractivity contribution in [3.63, 3.8) is 0 Å². The molecule has 0 bridgehead atoms. The van der Waals surface area contributed by atoms with Crippen LogP contribution in [-0.4, -0.2) is 59.2 Å². The van der Waals surface area contributed by atoms with Crippen molar-refractivity contribution in [3.05, 3.63) is 0 Å². The van der Waals surface area contributed by atoms with E-state index in [2.05, 4.69) is 35.9 Å². The lowest BCUT2D eigenvalue weighted by molar-refractivity contribution is -0.146. The molecule has 1 unspecified atom stereocenters. The summed E-state index contributed by atoms with van der Waals surface area (Å²) in [6, 6.07) is 0.0631. The highest BCUT2D eigenvalue weighted by molar-refractivity contribution is 5.95. The first-order valence-electron chi connectivity index (χ1n) is 13.1. The van der Waals surface area contributed by atoms with Crippen LogP contribution in [-0.2, 0) is 19.2 Å². The Kier molecular flexibility index (Phi) is 6.21. The van der Waals surface area contributed by atoms with Crippen LogP contribution in [0.3, 0.4) is 0 Å². The zero-order valence-corrected chi connectivity index (χ0v) is 22.8. The van der Waals surface area contributed by atoms with Gasteiger partial charge in [0.25, 0.3) is 0 Å². The third-order valence-corrected chi connectivity index (χ3v) is 8.81. The van der Waals surface area contributed by atoms with Crippen molar-refractivity contribution in [3.8, 4) is 6.07 Å². The van der Waals surface area contributed by atoms with Gasteiger partial charge < -0.3 is 20.9 Å². The molecular formula is C27H41N5O4. The molecule has 4 amide bonds. The van der Waals surface area contributed by atoms with Crippen LogP contribution >= 0.6 is 0 Å². The van der Waals surface area contributed by atoms with Gasteiger partial charge in [-0.2, -0.15) is 5.26 Å². The predicted octanol–water partition coefficient (Wildman–Crippen LogP) is 1.58. The maximum Gasteiger partial charge on any atom is 0.246 e. The maximum absolute atomic E-state index is 13.9. The molecule has 4 rings (SSSR count). The number of nitrogens with zero attached hydrogens (tertiary/aromatic N) is 2. The molecule has 2 heterocycles. The van der Waals surface area contributed by atoms with Crippen LogP contribution in [0.15, 0.2) is 0 Å². The standard InChI is InChI=1S/C27H41N5O4/c1-25(2,3)20(31-24(36)26(4,5)6)23(35)32-12-16-18(27(16,7)8)19(32)22(34)29-13(11-28)9-15-14-10-17(14)30-21(15)33/h13-20H,9-10,12H2,1-8H3,(H,29,34)(H,30,33)(H,31,36)/t13-,14-,15+,16-,17-,18?,19-,20+/m0/s1. The zero-order chi connectivity index (χ0) is 27.0. The number of hydrogen-bond acceptors (Lipinski definition) is 5. The Labute approximate surface area is 214 Å². The van der Waals surface area contributed by atoms with Crippen molar-refractivity contribution in [2.45, 2.75) is 92.4 Å². The molecule has 4 aliphatic rings. The van der Waals surface area contributed by atoms with E-state index in [-0.39, 0.29) is 65.2 Å². The van der Waals surface area contributed by atoms with Gasteiger partial charge in [0.15, 0.2) is 0 Å². The van der Waals surface area contributed by atoms with Crippen molar-refractivity contribution >= 4 is 23.6 Å². The Morgan fingerprint density at radius 1 is 1.17 bits per heavy atom. The second kappa shape index (κ2) is 8.46. The average Bonchev–Trinajstić information content (AvgIpc) is 3.47. The minimum Gasteiger partial charge on any atom is -0.353 e. The molecule has 9 nitrogen and oxygen atoms in total. The van der Waals surface area contributed by atoms with Crippen molar-refractivity contribution < 1.29 is 19.2 Å². The van der Waals surface area contributed by atoms with Crippen LogP contribution in [0.25, 0.3) is 0 Å². The molecule has 198 valence electrons. The van der Waals surface area contributed by atoms with Crippen molar-refractivity contribution in [1.82, 2.24) is 20.9 Å². The first-order chi connectivity index (χ1) is 16.5. The highest BCUT2D eigenvalue weighted by Crippen LogP contribution is 2.65. The molecular weight excluding hydrogens is 458 g/mol. The zero-order valence-electron chi connectivity index (χ0n) is 22.8. The van der Waals surface area contributed by atoms with E-state index >= 15 is 0 Å². The second-order valence-corrected chi connectivity index (χ2v) is 14.0. The highest BCUT2D eigenvalue weighted by atomic mass is 16.2. The monoisotopic (exact) mass is 499 g/mol. The van der Waals surface area contributed by atoms with E-state index in [1.54, 1.807) is 25.7 Å². The van der Waals surface area contributed by atoms with Crippen molar-refractivity contribution in [1.29, 1.82) is 5.26 Å². The molecule has 2 saturated carbocycles. The van der Waals surface area contributed by atoms with Gasteiger partial charge in [-0.15, -0.1) is 0 Å². The minimum absolute atomic E-state index is 0.0117. The molecule has 2 aliphatic carbocycles. The third kappa shape index (κ3) is 4.59. The number of nitrogens with one attached hydrogen (secondary N) is 3. The second-order valence-electron chi connectivity index (χ2n) is 14.0. The summed E-state index contributed by atoms with van der Waals surface area (Å²) in [4.78, 5) is 54.1. The van der Waals surface area contributed by atoms with Crippen LogP contribution in [0.4, 0.5) is 0 Å². The molecule has 2 saturated heterocycles. The largest absolute Gasteiger partial charge is 0.353 e. The SMILES string of the molecule is CC(C)(C)C(=O)N[C@H](C(=O)N1C[C@H]2C([C@H]1C(=O)N[C@H](C#N)C[C@H]1C(=O)N[C@H]3C[C@H]31)C2(C)C)C(C)(C)C. The molecule has 0 radical (unpaired) electrons. The smallest absolute Gasteiger partial charge is 0.246 e. The predicted molar refractivity (Wildman–Crippen MR) is 133 cm³/mol. The molecule has 0 aromatic heterocycles. The summed E-state index contributed by atoms with van der Waals surface area (Å²) < 4.78 is 0. The number of nitriles is 1. The number of carbonyl (C=O) groups excluding carboxylic acids is 4. The number of hydrogen-bond donors (Lipinski definition) is 3. The lowest BCUT2D eigenvalue weighted by Crippen LogP contribution is -2.60. The maximum atomic E-state index is 13.9. The number of fused-ring (bicyclic) bond motifs is 2. The van der Waals surface area contributed by atoms with Gasteiger partial charge in [0.1, 0.15) is 18.1 Å². The van der Waals surface area contributed by atoms with Gasteiger partial charge in [-0.05, 0) is 41.4 Å². The van der Waals surface area contributed by atoms with Crippen LogP contribution in [0.5, 0.6) is 0 Å². The number of likely N-dealkylation sites (tertiary alicyclic amines) is 1. The Hall–Kier alpha value is -2.63. The molecule has 0 aromatic rings. The van der Waals surface area contributed by atoms with Gasteiger partial charge in [-0.25, -0.2) is 0 Å². The summed E-state index contributed by atoms with van der Waals surface area (Å²) in [6.45, 7) is 15.7. The summed E-state index contributed by atoms with van der Waals surface area (Å²) in [5.41, 5.74) is -1.31. The fourth-order valence-electron chi connectivity index (χ4n) is 6.22. The van der Waals surface area contributed by atoms with E-state index in [0.29, 0.717) is 6.54 Å². The normalized spacial score (nSPS) is 33.4. The third-order valence-electron chi connectivity index (χ3n) is 8.81. The van der Waals surface area contributed by atoms with Gasteiger partial charge in [0.2, 0.25) is 23.6 Å². The van der Waals surface area contributed by atoms with Gasteiger partial charge in [-0.3, -0.25) is 19.2 Å². The first kappa shape index (κ1) is 26.4. The van der Waals surface area contributed by atoms with E-state index < -0.39 is 29.0 Å². The van der Waals surface area contributed by atoms with Gasteiger partial charge >= 0.3 is 0 Å². The lowest BCUT2D eigenvalue weighted by atomic mass is 9.84. The summed E-state index contributed by atoms with van der Waals surface area (Å²) >= 11 is 0. The van der Waals surface area contributed by atoms with Crippen molar-refractivity contribution in [2.75, 3.05) is 6.54 Å². The Morgan fingerprint density at radius 3 is 2.31 bits per heavy atom. The topological polar surface area (TPSA) is 131 Å². The van der Waals surface area contributed by atoms with E-state index in [1.807, 2.05) is 20.8 Å². The Bertz CT molecular complexity index is 1020. The minimum atomic E-state index is -0.801. The quantitative estimate of drug-likeness (QED) is 0.511. The number of carbonyl (C=O) groups is 4. The molecule has 9 heteroatoms. The molecule has 4 fully saturated rings. The molecule has 36 heavy (non-hydrogen) atoms.